The van der Waals surface area contributed by atoms with Crippen LogP contribution < -0.4 is 0 Å². The Balaban J connectivity index is 1.56. The summed E-state index contributed by atoms with van der Waals surface area (Å²) in [6, 6.07) is 4.08. The second kappa shape index (κ2) is 8.87. The van der Waals surface area contributed by atoms with Gasteiger partial charge >= 0.3 is 0 Å². The maximum Gasteiger partial charge on any atom is 0.211 e. The Bertz CT molecular complexity index is 667. The van der Waals surface area contributed by atoms with Crippen LogP contribution in [-0.4, -0.2) is 74.1 Å². The summed E-state index contributed by atoms with van der Waals surface area (Å²) in [4.78, 5) is 4.78. The van der Waals surface area contributed by atoms with Crippen molar-refractivity contribution in [2.75, 3.05) is 45.5 Å². The van der Waals surface area contributed by atoms with E-state index in [1.54, 1.807) is 4.31 Å². The molecule has 2 aliphatic heterocycles. The average Bonchev–Trinajstić information content (AvgIpc) is 3.22. The van der Waals surface area contributed by atoms with Crippen molar-refractivity contribution in [1.29, 1.82) is 0 Å². The molecular formula is C19H33N3O3S. The first-order chi connectivity index (χ1) is 12.4. The first-order valence-corrected chi connectivity index (χ1v) is 11.7. The summed E-state index contributed by atoms with van der Waals surface area (Å²) >= 11 is 0. The Morgan fingerprint density at radius 2 is 1.88 bits per heavy atom. The first-order valence-electron chi connectivity index (χ1n) is 9.88. The number of hydrogen-bond acceptors (Lipinski definition) is 5. The number of likely N-dealkylation sites (tertiary alicyclic amines) is 2. The highest BCUT2D eigenvalue weighted by molar-refractivity contribution is 7.88. The minimum absolute atomic E-state index is 0.0772. The molecule has 1 aromatic rings. The number of aryl methyl sites for hydroxylation is 1. The van der Waals surface area contributed by atoms with Gasteiger partial charge < -0.3 is 9.32 Å². The Kier molecular flexibility index (Phi) is 6.77. The molecule has 2 aliphatic rings. The van der Waals surface area contributed by atoms with E-state index >= 15 is 0 Å². The molecule has 6 nitrogen and oxygen atoms in total. The molecule has 0 bridgehead atoms. The van der Waals surface area contributed by atoms with Gasteiger partial charge in [0.2, 0.25) is 10.0 Å². The third kappa shape index (κ3) is 5.55. The molecule has 3 heterocycles. The van der Waals surface area contributed by atoms with Crippen LogP contribution in [0.15, 0.2) is 16.5 Å². The van der Waals surface area contributed by atoms with Crippen LogP contribution in [0.3, 0.4) is 0 Å². The molecule has 1 aromatic heterocycles. The highest BCUT2D eigenvalue weighted by Gasteiger charge is 2.31. The lowest BCUT2D eigenvalue weighted by Gasteiger charge is -2.38. The van der Waals surface area contributed by atoms with Crippen molar-refractivity contribution in [3.05, 3.63) is 23.7 Å². The van der Waals surface area contributed by atoms with Crippen molar-refractivity contribution in [2.45, 2.75) is 51.6 Å². The molecule has 0 radical (unpaired) electrons. The van der Waals surface area contributed by atoms with Crippen molar-refractivity contribution in [3.63, 3.8) is 0 Å². The van der Waals surface area contributed by atoms with Crippen molar-refractivity contribution in [3.8, 4) is 0 Å². The highest BCUT2D eigenvalue weighted by Crippen LogP contribution is 2.21. The molecule has 0 N–H and O–H groups in total. The summed E-state index contributed by atoms with van der Waals surface area (Å²) in [5.41, 5.74) is 0. The van der Waals surface area contributed by atoms with Gasteiger partial charge in [0.1, 0.15) is 11.5 Å². The lowest BCUT2D eigenvalue weighted by molar-refractivity contribution is 0.132. The molecule has 2 saturated heterocycles. The molecule has 148 valence electrons. The fraction of sp³-hybridized carbons (Fsp3) is 0.789. The minimum Gasteiger partial charge on any atom is -0.465 e. The number of piperidine rings is 1. The van der Waals surface area contributed by atoms with Crippen LogP contribution in [0.1, 0.15) is 43.6 Å². The van der Waals surface area contributed by atoms with E-state index in [0.717, 1.165) is 57.0 Å². The third-order valence-corrected chi connectivity index (χ3v) is 6.87. The van der Waals surface area contributed by atoms with Crippen molar-refractivity contribution in [2.24, 2.45) is 0 Å². The molecule has 0 saturated carbocycles. The average molecular weight is 384 g/mol. The number of nitrogens with zero attached hydrogens (tertiary/aromatic N) is 3. The van der Waals surface area contributed by atoms with Gasteiger partial charge in [-0.2, -0.15) is 4.31 Å². The van der Waals surface area contributed by atoms with Gasteiger partial charge in [-0.15, -0.1) is 0 Å². The zero-order valence-corrected chi connectivity index (χ0v) is 17.0. The zero-order chi connectivity index (χ0) is 18.6. The van der Waals surface area contributed by atoms with Gasteiger partial charge in [-0.25, -0.2) is 8.42 Å². The third-order valence-electron chi connectivity index (χ3n) is 5.54. The van der Waals surface area contributed by atoms with Gasteiger partial charge in [0.15, 0.2) is 0 Å². The normalized spacial score (nSPS) is 23.1. The molecule has 2 fully saturated rings. The summed E-state index contributed by atoms with van der Waals surface area (Å²) in [7, 11) is -3.19. The Hall–Kier alpha value is -0.890. The molecule has 0 aromatic carbocycles. The van der Waals surface area contributed by atoms with Crippen LogP contribution in [0.4, 0.5) is 0 Å². The number of hydrogen-bond donors (Lipinski definition) is 0. The van der Waals surface area contributed by atoms with Gasteiger partial charge in [-0.3, -0.25) is 4.90 Å². The Morgan fingerprint density at radius 1 is 1.15 bits per heavy atom. The Labute approximate surface area is 158 Å². The lowest BCUT2D eigenvalue weighted by Crippen LogP contribution is -2.50. The van der Waals surface area contributed by atoms with E-state index < -0.39 is 10.0 Å². The van der Waals surface area contributed by atoms with E-state index in [1.165, 1.54) is 32.2 Å². The van der Waals surface area contributed by atoms with Crippen LogP contribution in [0, 0.1) is 6.92 Å². The molecule has 1 unspecified atom stereocenters. The van der Waals surface area contributed by atoms with Gasteiger partial charge in [0, 0.05) is 19.1 Å². The molecule has 0 aliphatic carbocycles. The van der Waals surface area contributed by atoms with Gasteiger partial charge in [0.25, 0.3) is 0 Å². The SMILES string of the molecule is Cc1ccc(CN2CCCC(N(CCCN3CCCC3)S(C)(=O)=O)C2)o1. The monoisotopic (exact) mass is 383 g/mol. The predicted molar refractivity (Wildman–Crippen MR) is 104 cm³/mol. The highest BCUT2D eigenvalue weighted by atomic mass is 32.2. The van der Waals surface area contributed by atoms with Crippen molar-refractivity contribution < 1.29 is 12.8 Å². The second-order valence-electron chi connectivity index (χ2n) is 7.82. The van der Waals surface area contributed by atoms with Crippen molar-refractivity contribution >= 4 is 10.0 Å². The maximum atomic E-state index is 12.4. The fourth-order valence-corrected chi connectivity index (χ4v) is 5.45. The first kappa shape index (κ1) is 19.9. The molecule has 0 spiro atoms. The second-order valence-corrected chi connectivity index (χ2v) is 9.75. The largest absolute Gasteiger partial charge is 0.465 e. The summed E-state index contributed by atoms with van der Waals surface area (Å²) in [5, 5.41) is 0. The predicted octanol–water partition coefficient (Wildman–Crippen LogP) is 2.30. The van der Waals surface area contributed by atoms with Crippen LogP contribution in [0.25, 0.3) is 0 Å². The molecule has 7 heteroatoms. The smallest absolute Gasteiger partial charge is 0.211 e. The van der Waals surface area contributed by atoms with E-state index in [0.29, 0.717) is 6.54 Å². The molecular weight excluding hydrogens is 350 g/mol. The van der Waals surface area contributed by atoms with E-state index in [2.05, 4.69) is 9.80 Å². The van der Waals surface area contributed by atoms with E-state index in [4.69, 9.17) is 4.42 Å². The van der Waals surface area contributed by atoms with E-state index in [9.17, 15) is 8.42 Å². The Morgan fingerprint density at radius 3 is 2.54 bits per heavy atom. The maximum absolute atomic E-state index is 12.4. The van der Waals surface area contributed by atoms with Crippen LogP contribution in [-0.2, 0) is 16.6 Å². The fourth-order valence-electron chi connectivity index (χ4n) is 4.28. The van der Waals surface area contributed by atoms with Gasteiger partial charge in [0.05, 0.1) is 12.8 Å². The van der Waals surface area contributed by atoms with Gasteiger partial charge in [-0.05, 0) is 77.3 Å². The number of sulfonamides is 1. The van der Waals surface area contributed by atoms with Crippen LogP contribution in [0.5, 0.6) is 0 Å². The summed E-state index contributed by atoms with van der Waals surface area (Å²) in [6.07, 6.45) is 6.81. The standard InChI is InChI=1S/C19H33N3O3S/c1-17-8-9-19(25-17)16-21-12-5-7-18(15-21)22(26(2,23)24)14-6-13-20-10-3-4-11-20/h8-9,18H,3-7,10-16H2,1-2H3. The van der Waals surface area contributed by atoms with Crippen LogP contribution in [0.2, 0.25) is 0 Å². The molecule has 1 atom stereocenters. The van der Waals surface area contributed by atoms with E-state index in [1.807, 2.05) is 19.1 Å². The van der Waals surface area contributed by atoms with Gasteiger partial charge in [-0.1, -0.05) is 0 Å². The zero-order valence-electron chi connectivity index (χ0n) is 16.2. The molecule has 0 amide bonds. The summed E-state index contributed by atoms with van der Waals surface area (Å²) in [6.45, 7) is 8.47. The molecule has 3 rings (SSSR count). The quantitative estimate of drug-likeness (QED) is 0.689. The minimum atomic E-state index is -3.19. The topological polar surface area (TPSA) is 57.0 Å². The van der Waals surface area contributed by atoms with Crippen LogP contribution >= 0.6 is 0 Å². The number of rotatable bonds is 8. The van der Waals surface area contributed by atoms with E-state index in [-0.39, 0.29) is 6.04 Å². The summed E-state index contributed by atoms with van der Waals surface area (Å²) in [5.74, 6) is 1.89. The summed E-state index contributed by atoms with van der Waals surface area (Å²) < 4.78 is 32.2. The van der Waals surface area contributed by atoms with Crippen molar-refractivity contribution in [1.82, 2.24) is 14.1 Å². The number of furan rings is 1. The molecule has 26 heavy (non-hydrogen) atoms. The lowest BCUT2D eigenvalue weighted by atomic mass is 10.1.